The zero-order valence-corrected chi connectivity index (χ0v) is 20.6. The third-order valence-electron chi connectivity index (χ3n) is 8.77. The molecule has 0 spiro atoms. The van der Waals surface area contributed by atoms with Crippen molar-refractivity contribution in [3.05, 3.63) is 23.5 Å². The first-order chi connectivity index (χ1) is 14.7. The maximum Gasteiger partial charge on any atom is 0.153 e. The summed E-state index contributed by atoms with van der Waals surface area (Å²) in [5, 5.41) is 1.44. The third-order valence-corrected chi connectivity index (χ3v) is 8.77. The fourth-order valence-corrected chi connectivity index (χ4v) is 6.86. The molecular formula is C27H42ClN3. The van der Waals surface area contributed by atoms with Crippen LogP contribution in [0, 0.1) is 31.6 Å². The molecule has 3 heterocycles. The van der Waals surface area contributed by atoms with Gasteiger partial charge < -0.3 is 9.47 Å². The highest BCUT2D eigenvalue weighted by Crippen LogP contribution is 2.39. The molecule has 0 amide bonds. The molecule has 2 saturated carbocycles. The Labute approximate surface area is 195 Å². The van der Waals surface area contributed by atoms with Crippen LogP contribution in [0.15, 0.2) is 12.3 Å². The molecule has 1 atom stereocenters. The molecule has 0 aromatic carbocycles. The number of aryl methyl sites for hydroxylation is 1. The molecule has 31 heavy (non-hydrogen) atoms. The first-order valence-electron chi connectivity index (χ1n) is 12.9. The van der Waals surface area contributed by atoms with Crippen LogP contribution in [0.3, 0.4) is 0 Å². The largest absolute Gasteiger partial charge is 0.355 e. The van der Waals surface area contributed by atoms with Gasteiger partial charge in [0, 0.05) is 36.9 Å². The Balaban J connectivity index is 0.00000231. The van der Waals surface area contributed by atoms with Crippen LogP contribution in [0.4, 0.5) is 5.82 Å². The highest BCUT2D eigenvalue weighted by Gasteiger charge is 2.30. The molecule has 3 fully saturated rings. The summed E-state index contributed by atoms with van der Waals surface area (Å²) in [6.07, 6.45) is 19.2. The number of pyridine rings is 1. The lowest BCUT2D eigenvalue weighted by molar-refractivity contribution is 0.220. The Hall–Kier alpha value is -1.22. The molecule has 3 nitrogen and oxygen atoms in total. The van der Waals surface area contributed by atoms with E-state index in [2.05, 4.69) is 35.6 Å². The Morgan fingerprint density at radius 1 is 0.871 bits per heavy atom. The number of hydrogen-bond acceptors (Lipinski definition) is 2. The van der Waals surface area contributed by atoms with Gasteiger partial charge in [0.15, 0.2) is 5.82 Å². The summed E-state index contributed by atoms with van der Waals surface area (Å²) < 4.78 is 2.66. The van der Waals surface area contributed by atoms with Crippen molar-refractivity contribution in [2.24, 2.45) is 17.8 Å². The number of anilines is 1. The summed E-state index contributed by atoms with van der Waals surface area (Å²) in [4.78, 5) is 7.69. The smallest absolute Gasteiger partial charge is 0.153 e. The molecule has 4 heteroatoms. The minimum atomic E-state index is 0. The quantitative estimate of drug-likeness (QED) is 0.489. The molecule has 3 aliphatic rings. The van der Waals surface area contributed by atoms with Crippen molar-refractivity contribution in [2.45, 2.75) is 97.4 Å². The van der Waals surface area contributed by atoms with E-state index in [1.54, 1.807) is 0 Å². The van der Waals surface area contributed by atoms with Gasteiger partial charge >= 0.3 is 0 Å². The standard InChI is InChI=1S/C27H41N3.ClH/c1-20-21(2)30(18-22-10-5-3-6-11-22)26-25(20)15-16-28-27(26)29-17-9-14-24(19-29)23-12-7-4-8-13-23;/h15-16,22-24H,3-14,17-19H2,1-2H3;1H. The topological polar surface area (TPSA) is 21.1 Å². The summed E-state index contributed by atoms with van der Waals surface area (Å²) in [6.45, 7) is 8.25. The normalized spacial score (nSPS) is 23.8. The number of halogens is 1. The molecule has 1 unspecified atom stereocenters. The number of hydrogen-bond donors (Lipinski definition) is 0. The van der Waals surface area contributed by atoms with E-state index in [4.69, 9.17) is 4.98 Å². The van der Waals surface area contributed by atoms with Crippen LogP contribution in [0.5, 0.6) is 0 Å². The zero-order valence-electron chi connectivity index (χ0n) is 19.7. The predicted octanol–water partition coefficient (Wildman–Crippen LogP) is 7.45. The van der Waals surface area contributed by atoms with Crippen molar-refractivity contribution in [3.8, 4) is 0 Å². The second-order valence-electron chi connectivity index (χ2n) is 10.6. The molecule has 5 rings (SSSR count). The lowest BCUT2D eigenvalue weighted by atomic mass is 9.76. The maximum absolute atomic E-state index is 5.02. The fraction of sp³-hybridized carbons (Fsp3) is 0.741. The lowest BCUT2D eigenvalue weighted by Gasteiger charge is -2.39. The van der Waals surface area contributed by atoms with E-state index in [0.29, 0.717) is 0 Å². The first kappa shape index (κ1) is 23.0. The van der Waals surface area contributed by atoms with Crippen LogP contribution in [0.1, 0.15) is 88.3 Å². The number of piperidine rings is 1. The average molecular weight is 444 g/mol. The Morgan fingerprint density at radius 3 is 2.29 bits per heavy atom. The summed E-state index contributed by atoms with van der Waals surface area (Å²) >= 11 is 0. The second-order valence-corrected chi connectivity index (χ2v) is 10.6. The third kappa shape index (κ3) is 4.63. The molecule has 2 aromatic heterocycles. The van der Waals surface area contributed by atoms with Gasteiger partial charge in [-0.15, -0.1) is 12.4 Å². The Kier molecular flexibility index (Phi) is 7.52. The maximum atomic E-state index is 5.02. The van der Waals surface area contributed by atoms with Crippen LogP contribution in [0.2, 0.25) is 0 Å². The Morgan fingerprint density at radius 2 is 1.55 bits per heavy atom. The molecule has 172 valence electrons. The van der Waals surface area contributed by atoms with Crippen molar-refractivity contribution in [2.75, 3.05) is 18.0 Å². The highest BCUT2D eigenvalue weighted by atomic mass is 35.5. The molecule has 0 bridgehead atoms. The second kappa shape index (κ2) is 10.1. The van der Waals surface area contributed by atoms with Gasteiger partial charge in [-0.3, -0.25) is 0 Å². The number of nitrogens with zero attached hydrogens (tertiary/aromatic N) is 3. The summed E-state index contributed by atoms with van der Waals surface area (Å²) in [5.74, 6) is 3.95. The van der Waals surface area contributed by atoms with Crippen LogP contribution in [0.25, 0.3) is 10.9 Å². The van der Waals surface area contributed by atoms with Gasteiger partial charge in [0.05, 0.1) is 5.52 Å². The van der Waals surface area contributed by atoms with E-state index >= 15 is 0 Å². The van der Waals surface area contributed by atoms with E-state index in [0.717, 1.165) is 17.8 Å². The molecule has 1 aliphatic heterocycles. The van der Waals surface area contributed by atoms with Gasteiger partial charge in [0.1, 0.15) is 0 Å². The molecule has 2 aromatic rings. The molecule has 0 N–H and O–H groups in total. The van der Waals surface area contributed by atoms with Crippen LogP contribution in [-0.4, -0.2) is 22.6 Å². The van der Waals surface area contributed by atoms with E-state index in [1.165, 1.54) is 125 Å². The van der Waals surface area contributed by atoms with E-state index in [1.807, 2.05) is 0 Å². The fourth-order valence-electron chi connectivity index (χ4n) is 6.86. The SMILES string of the molecule is Cc1c(C)n(CC2CCCCC2)c2c(N3CCCC(C4CCCCC4)C3)nccc12.Cl. The van der Waals surface area contributed by atoms with Gasteiger partial charge in [0.2, 0.25) is 0 Å². The van der Waals surface area contributed by atoms with Crippen molar-refractivity contribution in [3.63, 3.8) is 0 Å². The summed E-state index contributed by atoms with van der Waals surface area (Å²) in [6, 6.07) is 2.26. The van der Waals surface area contributed by atoms with Crippen LogP contribution < -0.4 is 4.90 Å². The van der Waals surface area contributed by atoms with Gasteiger partial charge in [-0.25, -0.2) is 4.98 Å². The van der Waals surface area contributed by atoms with Crippen molar-refractivity contribution < 1.29 is 0 Å². The van der Waals surface area contributed by atoms with Crippen LogP contribution >= 0.6 is 12.4 Å². The zero-order chi connectivity index (χ0) is 20.5. The minimum Gasteiger partial charge on any atom is -0.355 e. The molecule has 0 radical (unpaired) electrons. The molecule has 1 saturated heterocycles. The monoisotopic (exact) mass is 443 g/mol. The minimum absolute atomic E-state index is 0. The van der Waals surface area contributed by atoms with Crippen LogP contribution in [-0.2, 0) is 6.54 Å². The summed E-state index contributed by atoms with van der Waals surface area (Å²) in [7, 11) is 0. The number of rotatable bonds is 4. The van der Waals surface area contributed by atoms with E-state index in [9.17, 15) is 0 Å². The highest BCUT2D eigenvalue weighted by molar-refractivity contribution is 5.93. The van der Waals surface area contributed by atoms with E-state index < -0.39 is 0 Å². The van der Waals surface area contributed by atoms with Crippen molar-refractivity contribution in [1.29, 1.82) is 0 Å². The van der Waals surface area contributed by atoms with Gasteiger partial charge in [-0.2, -0.15) is 0 Å². The predicted molar refractivity (Wildman–Crippen MR) is 135 cm³/mol. The Bertz CT molecular complexity index is 861. The number of fused-ring (bicyclic) bond motifs is 1. The van der Waals surface area contributed by atoms with Gasteiger partial charge in [-0.05, 0) is 68.9 Å². The van der Waals surface area contributed by atoms with Crippen molar-refractivity contribution in [1.82, 2.24) is 9.55 Å². The lowest BCUT2D eigenvalue weighted by Crippen LogP contribution is -2.39. The summed E-state index contributed by atoms with van der Waals surface area (Å²) in [5.41, 5.74) is 4.36. The van der Waals surface area contributed by atoms with Gasteiger partial charge in [0.25, 0.3) is 0 Å². The molecule has 2 aliphatic carbocycles. The first-order valence-corrected chi connectivity index (χ1v) is 12.9. The van der Waals surface area contributed by atoms with E-state index in [-0.39, 0.29) is 12.4 Å². The average Bonchev–Trinajstić information content (AvgIpc) is 3.05. The van der Waals surface area contributed by atoms with Crippen molar-refractivity contribution >= 4 is 29.1 Å². The molecular weight excluding hydrogens is 402 g/mol. The van der Waals surface area contributed by atoms with Gasteiger partial charge in [-0.1, -0.05) is 51.4 Å². The number of aromatic nitrogens is 2.